The first kappa shape index (κ1) is 21.1. The van der Waals surface area contributed by atoms with Gasteiger partial charge in [-0.05, 0) is 49.7 Å². The Morgan fingerprint density at radius 3 is 2.65 bits per heavy atom. The Kier molecular flexibility index (Phi) is 6.11. The van der Waals surface area contributed by atoms with E-state index in [1.807, 2.05) is 11.8 Å². The number of nitrogens with one attached hydrogen (secondary N) is 3. The average molecular weight is 442 g/mol. The molecule has 2 aromatic carbocycles. The normalized spacial score (nSPS) is 16.1. The number of anilines is 1. The van der Waals surface area contributed by atoms with Crippen molar-refractivity contribution in [2.24, 2.45) is 0 Å². The maximum Gasteiger partial charge on any atom is 0.323 e. The molecule has 1 aliphatic rings. The van der Waals surface area contributed by atoms with E-state index in [1.54, 1.807) is 42.5 Å². The van der Waals surface area contributed by atoms with Crippen molar-refractivity contribution in [2.45, 2.75) is 19.4 Å². The van der Waals surface area contributed by atoms with E-state index in [0.29, 0.717) is 46.9 Å². The summed E-state index contributed by atoms with van der Waals surface area (Å²) in [6, 6.07) is 11.8. The van der Waals surface area contributed by atoms with Gasteiger partial charge in [0.05, 0.1) is 17.1 Å². The van der Waals surface area contributed by atoms with Gasteiger partial charge in [0.15, 0.2) is 0 Å². The summed E-state index contributed by atoms with van der Waals surface area (Å²) in [6.07, 6.45) is 0.778. The molecular formula is C22H24ClN5O3. The van der Waals surface area contributed by atoms with Crippen LogP contribution in [-0.4, -0.2) is 63.8 Å². The van der Waals surface area contributed by atoms with Crippen LogP contribution in [0.15, 0.2) is 47.3 Å². The number of H-pyrrole nitrogens is 2. The second kappa shape index (κ2) is 8.95. The Labute approximate surface area is 184 Å². The zero-order valence-electron chi connectivity index (χ0n) is 17.2. The largest absolute Gasteiger partial charge is 0.337 e. The van der Waals surface area contributed by atoms with Gasteiger partial charge >= 0.3 is 5.69 Å². The van der Waals surface area contributed by atoms with E-state index >= 15 is 0 Å². The fraction of sp³-hybridized carbons (Fsp3) is 0.318. The molecule has 1 fully saturated rings. The number of rotatable bonds is 4. The molecule has 2 amide bonds. The minimum absolute atomic E-state index is 0.0461. The number of aromatic nitrogens is 2. The molecule has 3 aromatic rings. The zero-order valence-corrected chi connectivity index (χ0v) is 17.9. The number of carbonyl (C=O) groups excluding carboxylic acids is 2. The van der Waals surface area contributed by atoms with Crippen molar-refractivity contribution >= 4 is 40.1 Å². The number of carbonyl (C=O) groups is 2. The van der Waals surface area contributed by atoms with Crippen LogP contribution < -0.4 is 11.0 Å². The number of imidazole rings is 1. The van der Waals surface area contributed by atoms with E-state index in [1.165, 1.54) is 0 Å². The summed E-state index contributed by atoms with van der Waals surface area (Å²) >= 11 is 6.02. The topological polar surface area (TPSA) is 101 Å². The standard InChI is InChI=1S/C22H24ClN5O3/c1-14(20(29)24-17-6-7-18-19(13-17)26-22(31)25-18)27-8-3-9-28(11-10-27)21(30)15-4-2-5-16(23)12-15/h2,4-7,12-14H,3,8-11H2,1H3,(H,24,29)(H2,25,26,31). The maximum absolute atomic E-state index is 12.8. The van der Waals surface area contributed by atoms with Gasteiger partial charge in [-0.25, -0.2) is 4.79 Å². The van der Waals surface area contributed by atoms with E-state index in [4.69, 9.17) is 11.6 Å². The summed E-state index contributed by atoms with van der Waals surface area (Å²) in [6.45, 7) is 4.36. The molecule has 1 unspecified atom stereocenters. The summed E-state index contributed by atoms with van der Waals surface area (Å²) < 4.78 is 0. The molecule has 1 saturated heterocycles. The van der Waals surface area contributed by atoms with Crippen LogP contribution in [0.5, 0.6) is 0 Å². The average Bonchev–Trinajstić information content (AvgIpc) is 2.95. The molecule has 0 spiro atoms. The highest BCUT2D eigenvalue weighted by Crippen LogP contribution is 2.17. The molecule has 0 aliphatic carbocycles. The van der Waals surface area contributed by atoms with E-state index in [-0.39, 0.29) is 23.5 Å². The molecule has 4 rings (SSSR count). The molecule has 31 heavy (non-hydrogen) atoms. The molecule has 1 aliphatic heterocycles. The minimum atomic E-state index is -0.359. The number of amides is 2. The van der Waals surface area contributed by atoms with Crippen molar-refractivity contribution < 1.29 is 9.59 Å². The van der Waals surface area contributed by atoms with Gasteiger partial charge in [-0.2, -0.15) is 0 Å². The third-order valence-electron chi connectivity index (χ3n) is 5.60. The van der Waals surface area contributed by atoms with Crippen LogP contribution in [-0.2, 0) is 4.79 Å². The molecule has 162 valence electrons. The minimum Gasteiger partial charge on any atom is -0.337 e. The second-order valence-corrected chi connectivity index (χ2v) is 8.13. The van der Waals surface area contributed by atoms with Gasteiger partial charge in [0, 0.05) is 42.5 Å². The first-order valence-corrected chi connectivity index (χ1v) is 10.6. The van der Waals surface area contributed by atoms with Crippen molar-refractivity contribution in [1.82, 2.24) is 19.8 Å². The number of nitrogens with zero attached hydrogens (tertiary/aromatic N) is 2. The van der Waals surface area contributed by atoms with Gasteiger partial charge in [-0.3, -0.25) is 14.5 Å². The summed E-state index contributed by atoms with van der Waals surface area (Å²) in [5.41, 5.74) is 2.24. The quantitative estimate of drug-likeness (QED) is 0.579. The number of benzene rings is 2. The molecule has 8 nitrogen and oxygen atoms in total. The summed E-state index contributed by atoms with van der Waals surface area (Å²) in [5.74, 6) is -0.179. The van der Waals surface area contributed by atoms with Crippen LogP contribution in [0.3, 0.4) is 0 Å². The molecule has 9 heteroatoms. The number of hydrogen-bond donors (Lipinski definition) is 3. The van der Waals surface area contributed by atoms with Crippen LogP contribution in [0, 0.1) is 0 Å². The van der Waals surface area contributed by atoms with Crippen molar-refractivity contribution in [3.8, 4) is 0 Å². The Bertz CT molecular complexity index is 1170. The SMILES string of the molecule is CC(C(=O)Nc1ccc2[nH]c(=O)[nH]c2c1)N1CCCN(C(=O)c2cccc(Cl)c2)CC1. The Balaban J connectivity index is 1.38. The van der Waals surface area contributed by atoms with Crippen LogP contribution in [0.25, 0.3) is 11.0 Å². The lowest BCUT2D eigenvalue weighted by Gasteiger charge is -2.27. The van der Waals surface area contributed by atoms with Gasteiger partial charge < -0.3 is 20.2 Å². The Hall–Kier alpha value is -3.10. The van der Waals surface area contributed by atoms with Gasteiger partial charge in [0.25, 0.3) is 5.91 Å². The van der Waals surface area contributed by atoms with Gasteiger partial charge in [-0.1, -0.05) is 17.7 Å². The summed E-state index contributed by atoms with van der Waals surface area (Å²) in [5, 5.41) is 3.45. The molecule has 0 bridgehead atoms. The van der Waals surface area contributed by atoms with Crippen LogP contribution in [0.1, 0.15) is 23.7 Å². The molecular weight excluding hydrogens is 418 g/mol. The highest BCUT2D eigenvalue weighted by Gasteiger charge is 2.26. The highest BCUT2D eigenvalue weighted by molar-refractivity contribution is 6.30. The van der Waals surface area contributed by atoms with E-state index < -0.39 is 0 Å². The van der Waals surface area contributed by atoms with E-state index in [9.17, 15) is 14.4 Å². The fourth-order valence-electron chi connectivity index (χ4n) is 3.85. The van der Waals surface area contributed by atoms with Crippen LogP contribution in [0.2, 0.25) is 5.02 Å². The highest BCUT2D eigenvalue weighted by atomic mass is 35.5. The lowest BCUT2D eigenvalue weighted by Crippen LogP contribution is -2.44. The smallest absolute Gasteiger partial charge is 0.323 e. The lowest BCUT2D eigenvalue weighted by atomic mass is 10.2. The molecule has 1 atom stereocenters. The third kappa shape index (κ3) is 4.81. The second-order valence-electron chi connectivity index (χ2n) is 7.70. The first-order chi connectivity index (χ1) is 14.9. The molecule has 0 radical (unpaired) electrons. The predicted molar refractivity (Wildman–Crippen MR) is 121 cm³/mol. The van der Waals surface area contributed by atoms with E-state index in [0.717, 1.165) is 13.0 Å². The number of halogens is 1. The number of hydrogen-bond acceptors (Lipinski definition) is 4. The Morgan fingerprint density at radius 1 is 1.03 bits per heavy atom. The fourth-order valence-corrected chi connectivity index (χ4v) is 4.05. The van der Waals surface area contributed by atoms with Crippen molar-refractivity contribution in [2.75, 3.05) is 31.5 Å². The zero-order chi connectivity index (χ0) is 22.0. The van der Waals surface area contributed by atoms with Gasteiger partial charge in [0.1, 0.15) is 0 Å². The summed E-state index contributed by atoms with van der Waals surface area (Å²) in [7, 11) is 0. The maximum atomic E-state index is 12.8. The first-order valence-electron chi connectivity index (χ1n) is 10.2. The van der Waals surface area contributed by atoms with Crippen molar-refractivity contribution in [3.05, 3.63) is 63.5 Å². The molecule has 0 saturated carbocycles. The van der Waals surface area contributed by atoms with Gasteiger partial charge in [0.2, 0.25) is 5.91 Å². The predicted octanol–water partition coefficient (Wildman–Crippen LogP) is 2.68. The monoisotopic (exact) mass is 441 g/mol. The molecule has 1 aromatic heterocycles. The van der Waals surface area contributed by atoms with Crippen LogP contribution in [0.4, 0.5) is 5.69 Å². The third-order valence-corrected chi connectivity index (χ3v) is 5.84. The number of fused-ring (bicyclic) bond motifs is 1. The van der Waals surface area contributed by atoms with Gasteiger partial charge in [-0.15, -0.1) is 0 Å². The van der Waals surface area contributed by atoms with E-state index in [2.05, 4.69) is 20.2 Å². The Morgan fingerprint density at radius 2 is 1.84 bits per heavy atom. The molecule has 3 N–H and O–H groups in total. The van der Waals surface area contributed by atoms with Crippen molar-refractivity contribution in [3.63, 3.8) is 0 Å². The molecule has 2 heterocycles. The number of aromatic amines is 2. The summed E-state index contributed by atoms with van der Waals surface area (Å²) in [4.78, 5) is 46.3. The lowest BCUT2D eigenvalue weighted by molar-refractivity contribution is -0.120. The van der Waals surface area contributed by atoms with Crippen LogP contribution >= 0.6 is 11.6 Å². The van der Waals surface area contributed by atoms with Crippen molar-refractivity contribution in [1.29, 1.82) is 0 Å².